The molecule has 0 aliphatic carbocycles. The Morgan fingerprint density at radius 2 is 0.512 bits per heavy atom. The minimum absolute atomic E-state index is 0. The van der Waals surface area contributed by atoms with E-state index in [1.54, 1.807) is 24.3 Å². The number of carbonyl (C=O) groups is 4. The summed E-state index contributed by atoms with van der Waals surface area (Å²) in [7, 11) is 0. The van der Waals surface area contributed by atoms with Gasteiger partial charge >= 0.3 is 19.5 Å². The molecular weight excluding hydrogens is 629 g/mol. The maximum absolute atomic E-state index is 10.2. The molecule has 13 heteroatoms. The maximum atomic E-state index is 10.2. The van der Waals surface area contributed by atoms with Crippen LogP contribution >= 0.6 is 0 Å². The van der Waals surface area contributed by atoms with Crippen LogP contribution in [-0.4, -0.2) is 44.3 Å². The molecule has 0 heterocycles. The zero-order valence-corrected chi connectivity index (χ0v) is 22.4. The first-order chi connectivity index (χ1) is 18.9. The van der Waals surface area contributed by atoms with Gasteiger partial charge in [0, 0.05) is 22.3 Å². The number of carbonyl (C=O) groups excluding carboxylic acids is 4. The molecule has 4 rings (SSSR count). The number of hydrogen-bond donors (Lipinski definition) is 4. The summed E-state index contributed by atoms with van der Waals surface area (Å²) >= 11 is 0. The fourth-order valence-corrected chi connectivity index (χ4v) is 2.59. The quantitative estimate of drug-likeness (QED) is 0.195. The van der Waals surface area contributed by atoms with E-state index in [2.05, 4.69) is 0 Å². The Balaban J connectivity index is 0.000000516. The molecule has 0 bridgehead atoms. The molecule has 12 nitrogen and oxygen atoms in total. The topological polar surface area (TPSA) is 241 Å². The van der Waals surface area contributed by atoms with Gasteiger partial charge in [-0.1, -0.05) is 48.5 Å². The van der Waals surface area contributed by atoms with Crippen molar-refractivity contribution in [1.29, 1.82) is 0 Å². The minimum Gasteiger partial charge on any atom is -0.545 e. The first-order valence-electron chi connectivity index (χ1n) is 10.8. The second-order valence-electron chi connectivity index (χ2n) is 7.22. The number of phenols is 4. The number of aromatic carboxylic acids is 4. The van der Waals surface area contributed by atoms with Crippen molar-refractivity contribution in [3.63, 3.8) is 0 Å². The Labute approximate surface area is 245 Å². The second kappa shape index (κ2) is 18.0. The van der Waals surface area contributed by atoms with Gasteiger partial charge in [0.05, 0.1) is 23.9 Å². The molecule has 0 unspecified atom stereocenters. The molecule has 0 radical (unpaired) electrons. The van der Waals surface area contributed by atoms with Crippen LogP contribution in [0.1, 0.15) is 41.4 Å². The molecule has 41 heavy (non-hydrogen) atoms. The third kappa shape index (κ3) is 12.3. The van der Waals surface area contributed by atoms with Crippen molar-refractivity contribution in [2.75, 3.05) is 0 Å². The van der Waals surface area contributed by atoms with E-state index in [9.17, 15) is 39.6 Å². The summed E-state index contributed by atoms with van der Waals surface area (Å²) < 4.78 is 0. The van der Waals surface area contributed by atoms with E-state index in [0.29, 0.717) is 0 Å². The zero-order valence-electron chi connectivity index (χ0n) is 20.6. The molecule has 0 aliphatic heterocycles. The number of carboxylic acid groups (broad SMARTS) is 4. The average molecular weight is 650 g/mol. The Kier molecular flexibility index (Phi) is 15.6. The minimum atomic E-state index is -1.36. The van der Waals surface area contributed by atoms with Crippen LogP contribution < -0.4 is 20.4 Å². The van der Waals surface area contributed by atoms with Crippen LogP contribution in [0.3, 0.4) is 0 Å². The molecule has 0 saturated heterocycles. The SMILES string of the molecule is O=C([O-])c1ccccc1O.O=C([O-])c1ccccc1O.O=C([O-])c1ccccc1O.O=C([O-])c1ccccc1O.[Ru+4]. The third-order valence-corrected chi connectivity index (χ3v) is 4.50. The normalized spacial score (nSPS) is 8.98. The standard InChI is InChI=1S/4C7H6O3.Ru/c4*8-6-4-2-1-3-5(6)7(9)10;/h4*1-4,8H,(H,9,10);/q;;;;+4/p-4. The van der Waals surface area contributed by atoms with Crippen LogP contribution in [-0.2, 0) is 19.5 Å². The molecule has 0 aromatic heterocycles. The van der Waals surface area contributed by atoms with Crippen molar-refractivity contribution in [3.8, 4) is 23.0 Å². The van der Waals surface area contributed by atoms with Gasteiger partial charge in [0.15, 0.2) is 0 Å². The van der Waals surface area contributed by atoms with Gasteiger partial charge in [0.2, 0.25) is 0 Å². The van der Waals surface area contributed by atoms with Gasteiger partial charge in [-0.15, -0.1) is 0 Å². The third-order valence-electron chi connectivity index (χ3n) is 4.50. The molecule has 0 fully saturated rings. The van der Waals surface area contributed by atoms with Crippen LogP contribution in [0.4, 0.5) is 0 Å². The van der Waals surface area contributed by atoms with Crippen LogP contribution in [0.5, 0.6) is 23.0 Å². The molecule has 4 aromatic rings. The molecule has 0 spiro atoms. The summed E-state index contributed by atoms with van der Waals surface area (Å²) in [5.74, 6) is -6.50. The van der Waals surface area contributed by atoms with E-state index >= 15 is 0 Å². The Morgan fingerprint density at radius 3 is 0.610 bits per heavy atom. The van der Waals surface area contributed by atoms with Gasteiger partial charge in [0.1, 0.15) is 23.0 Å². The van der Waals surface area contributed by atoms with Crippen molar-refractivity contribution in [1.82, 2.24) is 0 Å². The average Bonchev–Trinajstić information content (AvgIpc) is 2.90. The first kappa shape index (κ1) is 35.6. The van der Waals surface area contributed by atoms with Crippen molar-refractivity contribution in [3.05, 3.63) is 119 Å². The van der Waals surface area contributed by atoms with E-state index < -0.39 is 23.9 Å². The summed E-state index contributed by atoms with van der Waals surface area (Å²) in [6.45, 7) is 0. The number of rotatable bonds is 4. The first-order valence-corrected chi connectivity index (χ1v) is 10.8. The Morgan fingerprint density at radius 1 is 0.366 bits per heavy atom. The molecule has 0 atom stereocenters. The molecule has 0 saturated carbocycles. The second-order valence-corrected chi connectivity index (χ2v) is 7.22. The van der Waals surface area contributed by atoms with Crippen LogP contribution in [0.15, 0.2) is 97.1 Å². The summed E-state index contributed by atoms with van der Waals surface area (Å²) in [4.78, 5) is 40.6. The van der Waals surface area contributed by atoms with Gasteiger partial charge < -0.3 is 60.0 Å². The molecule has 4 aromatic carbocycles. The zero-order chi connectivity index (χ0) is 30.2. The van der Waals surface area contributed by atoms with Gasteiger partial charge in [-0.3, -0.25) is 0 Å². The van der Waals surface area contributed by atoms with Crippen molar-refractivity contribution in [2.45, 2.75) is 0 Å². The van der Waals surface area contributed by atoms with Crippen LogP contribution in [0.25, 0.3) is 0 Å². The fourth-order valence-electron chi connectivity index (χ4n) is 2.59. The molecule has 0 amide bonds. The Bertz CT molecular complexity index is 1250. The number of hydrogen-bond acceptors (Lipinski definition) is 12. The molecule has 212 valence electrons. The number of carboxylic acids is 4. The predicted molar refractivity (Wildman–Crippen MR) is 130 cm³/mol. The molecule has 4 N–H and O–H groups in total. The summed E-state index contributed by atoms with van der Waals surface area (Å²) in [6.07, 6.45) is 0. The smallest absolute Gasteiger partial charge is 0.545 e. The number of benzene rings is 4. The maximum Gasteiger partial charge on any atom is 4.00 e. The van der Waals surface area contributed by atoms with Crippen LogP contribution in [0.2, 0.25) is 0 Å². The number of para-hydroxylation sites is 4. The van der Waals surface area contributed by atoms with Crippen molar-refractivity contribution < 1.29 is 79.5 Å². The van der Waals surface area contributed by atoms with Crippen molar-refractivity contribution in [2.24, 2.45) is 0 Å². The monoisotopic (exact) mass is 650 g/mol. The van der Waals surface area contributed by atoms with E-state index in [-0.39, 0.29) is 64.7 Å². The van der Waals surface area contributed by atoms with Gasteiger partial charge in [-0.05, 0) is 48.5 Å². The largest absolute Gasteiger partial charge is 4.00 e. The molecule has 0 aliphatic rings. The summed E-state index contributed by atoms with van der Waals surface area (Å²) in [6, 6.07) is 22.6. The van der Waals surface area contributed by atoms with E-state index in [1.165, 1.54) is 72.8 Å². The van der Waals surface area contributed by atoms with E-state index in [1.807, 2.05) is 0 Å². The van der Waals surface area contributed by atoms with Gasteiger partial charge in [-0.25, -0.2) is 0 Å². The number of aromatic hydroxyl groups is 4. The summed E-state index contributed by atoms with van der Waals surface area (Å²) in [5, 5.41) is 76.0. The van der Waals surface area contributed by atoms with Gasteiger partial charge in [-0.2, -0.15) is 0 Å². The van der Waals surface area contributed by atoms with Gasteiger partial charge in [0.25, 0.3) is 0 Å². The summed E-state index contributed by atoms with van der Waals surface area (Å²) in [5.41, 5.74) is -0.713. The van der Waals surface area contributed by atoms with E-state index in [0.717, 1.165) is 0 Å². The van der Waals surface area contributed by atoms with E-state index in [4.69, 9.17) is 20.4 Å². The predicted octanol–water partition coefficient (Wildman–Crippen LogP) is -0.980. The Hall–Kier alpha value is -5.42. The van der Waals surface area contributed by atoms with Crippen molar-refractivity contribution >= 4 is 23.9 Å². The fraction of sp³-hybridized carbons (Fsp3) is 0. The van der Waals surface area contributed by atoms with Crippen LogP contribution in [0, 0.1) is 0 Å². The molecular formula is C28H20O12Ru.